The molecule has 36 heavy (non-hydrogen) atoms. The van der Waals surface area contributed by atoms with Crippen molar-refractivity contribution in [2.45, 2.75) is 79.8 Å². The highest BCUT2D eigenvalue weighted by Gasteiger charge is 2.47. The average Bonchev–Trinajstić information content (AvgIpc) is 2.83. The van der Waals surface area contributed by atoms with E-state index in [2.05, 4.69) is 128 Å². The van der Waals surface area contributed by atoms with Gasteiger partial charge in [0.2, 0.25) is 0 Å². The Morgan fingerprint density at radius 2 is 0.583 bits per heavy atom. The molecule has 0 bridgehead atoms. The summed E-state index contributed by atoms with van der Waals surface area (Å²) in [5.74, 6) is 0. The molecule has 0 heterocycles. The molecule has 0 saturated carbocycles. The molecule has 0 atom stereocenters. The molecule has 0 aliphatic carbocycles. The third-order valence-corrected chi connectivity index (χ3v) is 13.1. The molecular formula is C30H42O4Si2. The van der Waals surface area contributed by atoms with Crippen LogP contribution in [0.4, 0.5) is 0 Å². The average molecular weight is 523 g/mol. The van der Waals surface area contributed by atoms with Gasteiger partial charge in [0, 0.05) is 24.4 Å². The standard InChI is InChI=1S/C30H42O4Si2/c1-23(2)31-35(32-24(3)4,27-15-11-9-12-16-27)29-19-21-30(22-20-29)36(33-25(5)6,34-26(7)8)28-17-13-10-14-18-28/h9-26H,1-8H3. The Bertz CT molecular complexity index is 945. The molecular weight excluding hydrogens is 480 g/mol. The summed E-state index contributed by atoms with van der Waals surface area (Å²) in [5.41, 5.74) is 0. The van der Waals surface area contributed by atoms with Crippen molar-refractivity contribution in [3.8, 4) is 0 Å². The number of rotatable bonds is 12. The molecule has 0 fully saturated rings. The SMILES string of the molecule is CC(C)O[Si](OC(C)C)(c1ccccc1)c1ccc([Si](OC(C)C)(OC(C)C)c2ccccc2)cc1. The van der Waals surface area contributed by atoms with Crippen molar-refractivity contribution in [3.63, 3.8) is 0 Å². The first-order valence-electron chi connectivity index (χ1n) is 13.0. The summed E-state index contributed by atoms with van der Waals surface area (Å²) in [6.45, 7) is 16.6. The van der Waals surface area contributed by atoms with Crippen LogP contribution in [0.2, 0.25) is 0 Å². The normalized spacial score (nSPS) is 12.8. The van der Waals surface area contributed by atoms with Crippen molar-refractivity contribution >= 4 is 37.9 Å². The van der Waals surface area contributed by atoms with Gasteiger partial charge in [-0.2, -0.15) is 0 Å². The van der Waals surface area contributed by atoms with Crippen molar-refractivity contribution in [1.82, 2.24) is 0 Å². The third-order valence-electron chi connectivity index (χ3n) is 5.56. The number of hydrogen-bond acceptors (Lipinski definition) is 4. The zero-order valence-electron chi connectivity index (χ0n) is 23.0. The van der Waals surface area contributed by atoms with Crippen LogP contribution in [0.5, 0.6) is 0 Å². The second kappa shape index (κ2) is 12.5. The van der Waals surface area contributed by atoms with Crippen LogP contribution in [0.15, 0.2) is 84.9 Å². The van der Waals surface area contributed by atoms with Gasteiger partial charge >= 0.3 is 17.1 Å². The first kappa shape index (κ1) is 28.5. The lowest BCUT2D eigenvalue weighted by molar-refractivity contribution is 0.124. The fourth-order valence-corrected chi connectivity index (χ4v) is 11.5. The molecule has 0 N–H and O–H groups in total. The zero-order chi connectivity index (χ0) is 26.3. The smallest absolute Gasteiger partial charge is 0.385 e. The maximum Gasteiger partial charge on any atom is 0.407 e. The van der Waals surface area contributed by atoms with Gasteiger partial charge in [-0.05, 0) is 76.1 Å². The van der Waals surface area contributed by atoms with Gasteiger partial charge in [-0.15, -0.1) is 0 Å². The van der Waals surface area contributed by atoms with Crippen LogP contribution in [-0.4, -0.2) is 41.5 Å². The molecule has 3 rings (SSSR count). The van der Waals surface area contributed by atoms with Crippen LogP contribution in [0.1, 0.15) is 55.4 Å². The van der Waals surface area contributed by atoms with Crippen LogP contribution in [0, 0.1) is 0 Å². The molecule has 0 saturated heterocycles. The Hall–Kier alpha value is -2.07. The summed E-state index contributed by atoms with van der Waals surface area (Å²) >= 11 is 0. The fourth-order valence-electron chi connectivity index (χ4n) is 4.49. The zero-order valence-corrected chi connectivity index (χ0v) is 25.0. The van der Waals surface area contributed by atoms with Gasteiger partial charge in [0.05, 0.1) is 0 Å². The highest BCUT2D eigenvalue weighted by Crippen LogP contribution is 2.18. The van der Waals surface area contributed by atoms with Crippen LogP contribution >= 0.6 is 0 Å². The van der Waals surface area contributed by atoms with E-state index in [1.807, 2.05) is 12.1 Å². The minimum Gasteiger partial charge on any atom is -0.385 e. The summed E-state index contributed by atoms with van der Waals surface area (Å²) in [5, 5.41) is 4.35. The van der Waals surface area contributed by atoms with E-state index in [1.165, 1.54) is 0 Å². The van der Waals surface area contributed by atoms with Gasteiger partial charge < -0.3 is 17.7 Å². The Morgan fingerprint density at radius 1 is 0.361 bits per heavy atom. The predicted octanol–water partition coefficient (Wildman–Crippen LogP) is 4.50. The van der Waals surface area contributed by atoms with Crippen molar-refractivity contribution in [2.24, 2.45) is 0 Å². The van der Waals surface area contributed by atoms with E-state index in [0.717, 1.165) is 20.7 Å². The molecule has 3 aromatic carbocycles. The topological polar surface area (TPSA) is 36.9 Å². The Kier molecular flexibility index (Phi) is 9.86. The van der Waals surface area contributed by atoms with Crippen LogP contribution in [0.3, 0.4) is 0 Å². The van der Waals surface area contributed by atoms with E-state index in [-0.39, 0.29) is 24.4 Å². The lowest BCUT2D eigenvalue weighted by Crippen LogP contribution is -2.67. The van der Waals surface area contributed by atoms with Crippen molar-refractivity contribution < 1.29 is 17.7 Å². The quantitative estimate of drug-likeness (QED) is 0.328. The summed E-state index contributed by atoms with van der Waals surface area (Å²) in [6.07, 6.45) is 0.0616. The summed E-state index contributed by atoms with van der Waals surface area (Å²) in [7, 11) is -5.93. The van der Waals surface area contributed by atoms with E-state index in [4.69, 9.17) is 17.7 Å². The molecule has 0 aromatic heterocycles. The van der Waals surface area contributed by atoms with Crippen molar-refractivity contribution in [2.75, 3.05) is 0 Å². The molecule has 0 unspecified atom stereocenters. The number of hydrogen-bond donors (Lipinski definition) is 0. The second-order valence-corrected chi connectivity index (χ2v) is 15.9. The minimum absolute atomic E-state index is 0.0154. The van der Waals surface area contributed by atoms with Gasteiger partial charge in [-0.25, -0.2) is 0 Å². The molecule has 0 radical (unpaired) electrons. The Labute approximate surface area is 220 Å². The van der Waals surface area contributed by atoms with Crippen molar-refractivity contribution in [1.29, 1.82) is 0 Å². The predicted molar refractivity (Wildman–Crippen MR) is 154 cm³/mol. The van der Waals surface area contributed by atoms with Crippen LogP contribution < -0.4 is 20.7 Å². The maximum atomic E-state index is 6.73. The highest BCUT2D eigenvalue weighted by atomic mass is 28.4. The van der Waals surface area contributed by atoms with Crippen LogP contribution in [-0.2, 0) is 17.7 Å². The lowest BCUT2D eigenvalue weighted by Gasteiger charge is -2.37. The Balaban J connectivity index is 2.20. The second-order valence-electron chi connectivity index (χ2n) is 10.2. The summed E-state index contributed by atoms with van der Waals surface area (Å²) in [6, 6.07) is 29.4. The van der Waals surface area contributed by atoms with E-state index in [9.17, 15) is 0 Å². The van der Waals surface area contributed by atoms with E-state index >= 15 is 0 Å². The van der Waals surface area contributed by atoms with Gasteiger partial charge in [-0.1, -0.05) is 84.9 Å². The molecule has 194 valence electrons. The molecule has 0 spiro atoms. The first-order chi connectivity index (χ1) is 17.1. The lowest BCUT2D eigenvalue weighted by atomic mass is 10.3. The molecule has 0 aliphatic heterocycles. The van der Waals surface area contributed by atoms with E-state index in [1.54, 1.807) is 0 Å². The van der Waals surface area contributed by atoms with Crippen molar-refractivity contribution in [3.05, 3.63) is 84.9 Å². The Morgan fingerprint density at radius 3 is 0.806 bits per heavy atom. The largest absolute Gasteiger partial charge is 0.407 e. The molecule has 4 nitrogen and oxygen atoms in total. The van der Waals surface area contributed by atoms with Gasteiger partial charge in [0.15, 0.2) is 0 Å². The monoisotopic (exact) mass is 522 g/mol. The molecule has 0 aliphatic rings. The molecule has 3 aromatic rings. The first-order valence-corrected chi connectivity index (χ1v) is 16.7. The summed E-state index contributed by atoms with van der Waals surface area (Å²) in [4.78, 5) is 0. The van der Waals surface area contributed by atoms with E-state index < -0.39 is 17.1 Å². The van der Waals surface area contributed by atoms with Gasteiger partial charge in [-0.3, -0.25) is 0 Å². The molecule has 6 heteroatoms. The minimum atomic E-state index is -2.97. The maximum absolute atomic E-state index is 6.73. The van der Waals surface area contributed by atoms with Gasteiger partial charge in [0.25, 0.3) is 0 Å². The van der Waals surface area contributed by atoms with E-state index in [0.29, 0.717) is 0 Å². The fraction of sp³-hybridized carbons (Fsp3) is 0.400. The third kappa shape index (κ3) is 6.62. The van der Waals surface area contributed by atoms with Gasteiger partial charge in [0.1, 0.15) is 0 Å². The summed E-state index contributed by atoms with van der Waals surface area (Å²) < 4.78 is 26.9. The number of benzene rings is 3. The highest BCUT2D eigenvalue weighted by molar-refractivity contribution is 6.94. The van der Waals surface area contributed by atoms with Crippen LogP contribution in [0.25, 0.3) is 0 Å². The molecule has 0 amide bonds.